The third kappa shape index (κ3) is 3.76. The van der Waals surface area contributed by atoms with E-state index in [1.807, 2.05) is 0 Å². The zero-order chi connectivity index (χ0) is 14.1. The molecule has 0 aliphatic carbocycles. The fraction of sp³-hybridized carbons (Fsp3) is 0.333. The minimum absolute atomic E-state index is 0.220. The maximum absolute atomic E-state index is 12.7. The Morgan fingerprint density at radius 2 is 1.50 bits per heavy atom. The van der Waals surface area contributed by atoms with Gasteiger partial charge in [0.05, 0.1) is 4.47 Å². The van der Waals surface area contributed by atoms with Crippen LogP contribution in [0.5, 0.6) is 5.75 Å². The Morgan fingerprint density at radius 1 is 1.00 bits per heavy atom. The number of alkyl halides is 6. The molecule has 0 saturated heterocycles. The summed E-state index contributed by atoms with van der Waals surface area (Å²) in [6.45, 7) is 0. The molecule has 0 fully saturated rings. The molecule has 9 heteroatoms. The highest BCUT2D eigenvalue weighted by Gasteiger charge is 2.59. The molecule has 0 aliphatic rings. The van der Waals surface area contributed by atoms with Crippen LogP contribution in [0, 0.1) is 5.82 Å². The van der Waals surface area contributed by atoms with Crippen molar-refractivity contribution in [1.82, 2.24) is 0 Å². The molecule has 0 radical (unpaired) electrons. The average molecular weight is 341 g/mol. The molecule has 102 valence electrons. The third-order valence-electron chi connectivity index (χ3n) is 1.73. The van der Waals surface area contributed by atoms with Crippen molar-refractivity contribution in [2.45, 2.75) is 18.5 Å². The second-order valence-corrected chi connectivity index (χ2v) is 4.01. The Labute approximate surface area is 105 Å². The summed E-state index contributed by atoms with van der Waals surface area (Å²) in [6.07, 6.45) is -15.3. The van der Waals surface area contributed by atoms with Crippen LogP contribution < -0.4 is 4.74 Å². The van der Waals surface area contributed by atoms with E-state index in [1.54, 1.807) is 0 Å². The lowest BCUT2D eigenvalue weighted by molar-refractivity contribution is -0.300. The van der Waals surface area contributed by atoms with Crippen LogP contribution in [0.15, 0.2) is 22.7 Å². The van der Waals surface area contributed by atoms with Gasteiger partial charge < -0.3 is 4.74 Å². The number of halogens is 8. The summed E-state index contributed by atoms with van der Waals surface area (Å²) in [4.78, 5) is 0. The van der Waals surface area contributed by atoms with Crippen LogP contribution in [0.3, 0.4) is 0 Å². The van der Waals surface area contributed by atoms with E-state index in [0.29, 0.717) is 6.07 Å². The van der Waals surface area contributed by atoms with Crippen LogP contribution in [-0.4, -0.2) is 18.5 Å². The highest BCUT2D eigenvalue weighted by Crippen LogP contribution is 2.38. The van der Waals surface area contributed by atoms with Gasteiger partial charge in [-0.25, -0.2) is 4.39 Å². The molecule has 0 unspecified atom stereocenters. The second kappa shape index (κ2) is 4.94. The maximum atomic E-state index is 12.7. The summed E-state index contributed by atoms with van der Waals surface area (Å²) in [6, 6.07) is 2.22. The van der Waals surface area contributed by atoms with Crippen LogP contribution in [0.4, 0.5) is 30.7 Å². The second-order valence-electron chi connectivity index (χ2n) is 3.16. The summed E-state index contributed by atoms with van der Waals surface area (Å²) < 4.78 is 89.4. The van der Waals surface area contributed by atoms with E-state index < -0.39 is 30.0 Å². The molecule has 0 amide bonds. The van der Waals surface area contributed by atoms with Gasteiger partial charge in [0.2, 0.25) is 0 Å². The van der Waals surface area contributed by atoms with Gasteiger partial charge in [-0.05, 0) is 28.1 Å². The molecule has 0 bridgehead atoms. The normalized spacial score (nSPS) is 12.9. The van der Waals surface area contributed by atoms with Gasteiger partial charge in [-0.2, -0.15) is 26.3 Å². The molecule has 0 spiro atoms. The van der Waals surface area contributed by atoms with Crippen LogP contribution >= 0.6 is 15.9 Å². The van der Waals surface area contributed by atoms with Crippen molar-refractivity contribution in [3.8, 4) is 5.75 Å². The third-order valence-corrected chi connectivity index (χ3v) is 2.39. The van der Waals surface area contributed by atoms with Crippen LogP contribution in [0.2, 0.25) is 0 Å². The summed E-state index contributed by atoms with van der Waals surface area (Å²) in [5, 5.41) is 0. The highest BCUT2D eigenvalue weighted by atomic mass is 79.9. The van der Waals surface area contributed by atoms with Crippen molar-refractivity contribution in [2.24, 2.45) is 0 Å². The van der Waals surface area contributed by atoms with Crippen molar-refractivity contribution >= 4 is 15.9 Å². The first-order chi connectivity index (χ1) is 8.01. The Hall–Kier alpha value is -0.990. The van der Waals surface area contributed by atoms with E-state index in [-0.39, 0.29) is 4.47 Å². The van der Waals surface area contributed by atoms with Gasteiger partial charge in [0.25, 0.3) is 6.10 Å². The molecule has 18 heavy (non-hydrogen) atoms. The van der Waals surface area contributed by atoms with Gasteiger partial charge in [0, 0.05) is 6.07 Å². The Kier molecular flexibility index (Phi) is 4.14. The topological polar surface area (TPSA) is 9.23 Å². The fourth-order valence-corrected chi connectivity index (χ4v) is 1.35. The molecule has 1 rings (SSSR count). The predicted octanol–water partition coefficient (Wildman–Crippen LogP) is 4.46. The van der Waals surface area contributed by atoms with Crippen molar-refractivity contribution in [2.75, 3.05) is 0 Å². The van der Waals surface area contributed by atoms with Gasteiger partial charge in [-0.1, -0.05) is 0 Å². The first-order valence-corrected chi connectivity index (χ1v) is 5.06. The van der Waals surface area contributed by atoms with E-state index in [0.717, 1.165) is 12.1 Å². The summed E-state index contributed by atoms with van der Waals surface area (Å²) in [5.74, 6) is -1.90. The Bertz CT molecular complexity index is 412. The minimum atomic E-state index is -5.65. The molecule has 0 N–H and O–H groups in total. The van der Waals surface area contributed by atoms with Gasteiger partial charge >= 0.3 is 12.4 Å². The summed E-state index contributed by atoms with van der Waals surface area (Å²) in [5.41, 5.74) is 0. The van der Waals surface area contributed by atoms with Gasteiger partial charge in [-0.3, -0.25) is 0 Å². The van der Waals surface area contributed by atoms with Crippen molar-refractivity contribution in [3.63, 3.8) is 0 Å². The zero-order valence-corrected chi connectivity index (χ0v) is 9.83. The lowest BCUT2D eigenvalue weighted by Gasteiger charge is -2.24. The molecule has 0 aliphatic heterocycles. The summed E-state index contributed by atoms with van der Waals surface area (Å²) >= 11 is 2.67. The average Bonchev–Trinajstić information content (AvgIpc) is 2.15. The fourth-order valence-electron chi connectivity index (χ4n) is 1.01. The molecular weight excluding hydrogens is 337 g/mol. The molecule has 1 aromatic rings. The largest absolute Gasteiger partial charge is 0.470 e. The number of hydrogen-bond donors (Lipinski definition) is 0. The van der Waals surface area contributed by atoms with E-state index in [4.69, 9.17) is 0 Å². The number of rotatable bonds is 2. The molecular formula is C9H4BrF7O. The van der Waals surface area contributed by atoms with Gasteiger partial charge in [0.15, 0.2) is 0 Å². The number of hydrogen-bond acceptors (Lipinski definition) is 1. The van der Waals surface area contributed by atoms with Gasteiger partial charge in [0.1, 0.15) is 11.6 Å². The standard InChI is InChI=1S/C9H4BrF7O/c10-5-2-1-4(11)3-6(5)18-7(8(12,13)14)9(15,16)17/h1-3,7H. The van der Waals surface area contributed by atoms with E-state index in [1.165, 1.54) is 0 Å². The number of ether oxygens (including phenoxy) is 1. The first kappa shape index (κ1) is 15.1. The molecule has 0 heterocycles. The molecule has 1 aromatic carbocycles. The molecule has 0 atom stereocenters. The van der Waals surface area contributed by atoms with Gasteiger partial charge in [-0.15, -0.1) is 0 Å². The zero-order valence-electron chi connectivity index (χ0n) is 8.24. The van der Waals surface area contributed by atoms with Crippen LogP contribution in [-0.2, 0) is 0 Å². The van der Waals surface area contributed by atoms with Crippen molar-refractivity contribution < 1.29 is 35.5 Å². The molecule has 0 saturated carbocycles. The van der Waals surface area contributed by atoms with Crippen molar-refractivity contribution in [1.29, 1.82) is 0 Å². The quantitative estimate of drug-likeness (QED) is 0.722. The van der Waals surface area contributed by atoms with E-state index in [2.05, 4.69) is 20.7 Å². The monoisotopic (exact) mass is 340 g/mol. The minimum Gasteiger partial charge on any atom is -0.470 e. The lowest BCUT2D eigenvalue weighted by Crippen LogP contribution is -2.46. The molecule has 1 nitrogen and oxygen atoms in total. The van der Waals surface area contributed by atoms with Crippen LogP contribution in [0.25, 0.3) is 0 Å². The lowest BCUT2D eigenvalue weighted by atomic mass is 10.3. The maximum Gasteiger partial charge on any atom is 0.434 e. The van der Waals surface area contributed by atoms with E-state index in [9.17, 15) is 30.7 Å². The SMILES string of the molecule is Fc1ccc(Br)c(OC(C(F)(F)F)C(F)(F)F)c1. The van der Waals surface area contributed by atoms with Crippen LogP contribution in [0.1, 0.15) is 0 Å². The first-order valence-electron chi connectivity index (χ1n) is 4.27. The highest BCUT2D eigenvalue weighted by molar-refractivity contribution is 9.10. The Morgan fingerprint density at radius 3 is 1.94 bits per heavy atom. The van der Waals surface area contributed by atoms with Crippen molar-refractivity contribution in [3.05, 3.63) is 28.5 Å². The Balaban J connectivity index is 3.08. The van der Waals surface area contributed by atoms with E-state index >= 15 is 0 Å². The summed E-state index contributed by atoms with van der Waals surface area (Å²) in [7, 11) is 0. The molecule has 0 aromatic heterocycles. The smallest absolute Gasteiger partial charge is 0.434 e. The number of benzene rings is 1. The predicted molar refractivity (Wildman–Crippen MR) is 50.6 cm³/mol.